The maximum atomic E-state index is 13.1. The molecule has 1 aromatic heterocycles. The standard InChI is InChI=1S/C28H38ClN3O4/c1-2-3-4-5-6-7-8-9-10-13-26(33)30(19-25-12-11-18-36-25)20-27(34)31-21-28(35)32(22-31)24-16-14-23(29)15-17-24/h11-12,14-18H,2-10,13,19-22H2,1H3. The van der Waals surface area contributed by atoms with Crippen molar-refractivity contribution >= 4 is 35.0 Å². The molecule has 0 bridgehead atoms. The Labute approximate surface area is 219 Å². The van der Waals surface area contributed by atoms with Crippen LogP contribution < -0.4 is 4.90 Å². The zero-order chi connectivity index (χ0) is 25.8. The van der Waals surface area contributed by atoms with Crippen LogP contribution >= 0.6 is 11.6 Å². The van der Waals surface area contributed by atoms with Gasteiger partial charge in [0.05, 0.1) is 12.8 Å². The van der Waals surface area contributed by atoms with Gasteiger partial charge in [0.2, 0.25) is 17.7 Å². The largest absolute Gasteiger partial charge is 0.467 e. The molecule has 0 N–H and O–H groups in total. The molecule has 2 aromatic rings. The molecule has 1 aromatic carbocycles. The van der Waals surface area contributed by atoms with Crippen LogP contribution in [-0.4, -0.2) is 47.3 Å². The number of rotatable bonds is 15. The molecule has 7 nitrogen and oxygen atoms in total. The van der Waals surface area contributed by atoms with E-state index in [0.29, 0.717) is 22.9 Å². The molecule has 0 radical (unpaired) electrons. The predicted molar refractivity (Wildman–Crippen MR) is 141 cm³/mol. The number of furan rings is 1. The van der Waals surface area contributed by atoms with Crippen molar-refractivity contribution in [1.29, 1.82) is 0 Å². The lowest BCUT2D eigenvalue weighted by atomic mass is 10.1. The number of carbonyl (C=O) groups excluding carboxylic acids is 3. The molecule has 36 heavy (non-hydrogen) atoms. The van der Waals surface area contributed by atoms with Crippen LogP contribution in [0.2, 0.25) is 5.02 Å². The SMILES string of the molecule is CCCCCCCCCCCC(=O)N(CC(=O)N1CC(=O)N(c2ccc(Cl)cc2)C1)Cc1ccco1. The predicted octanol–water partition coefficient (Wildman–Crippen LogP) is 6.02. The van der Waals surface area contributed by atoms with Crippen molar-refractivity contribution < 1.29 is 18.8 Å². The molecular weight excluding hydrogens is 478 g/mol. The van der Waals surface area contributed by atoms with E-state index in [1.54, 1.807) is 52.5 Å². The molecule has 1 aliphatic rings. The minimum atomic E-state index is -0.258. The topological polar surface area (TPSA) is 74.1 Å². The molecule has 1 aliphatic heterocycles. The fraction of sp³-hybridized carbons (Fsp3) is 0.536. The van der Waals surface area contributed by atoms with E-state index < -0.39 is 0 Å². The number of halogens is 1. The molecule has 3 amide bonds. The fourth-order valence-corrected chi connectivity index (χ4v) is 4.52. The Morgan fingerprint density at radius 1 is 0.972 bits per heavy atom. The molecule has 1 fully saturated rings. The third-order valence-electron chi connectivity index (χ3n) is 6.53. The summed E-state index contributed by atoms with van der Waals surface area (Å²) in [5, 5.41) is 0.581. The van der Waals surface area contributed by atoms with Crippen LogP contribution in [0.4, 0.5) is 5.69 Å². The summed E-state index contributed by atoms with van der Waals surface area (Å²) < 4.78 is 5.43. The quantitative estimate of drug-likeness (QED) is 0.272. The third kappa shape index (κ3) is 8.70. The Morgan fingerprint density at radius 3 is 2.28 bits per heavy atom. The van der Waals surface area contributed by atoms with Crippen LogP contribution in [0.15, 0.2) is 47.1 Å². The number of amides is 3. The highest BCUT2D eigenvalue weighted by Gasteiger charge is 2.33. The average Bonchev–Trinajstić information content (AvgIpc) is 3.52. The Morgan fingerprint density at radius 2 is 1.64 bits per heavy atom. The number of hydrogen-bond donors (Lipinski definition) is 0. The summed E-state index contributed by atoms with van der Waals surface area (Å²) >= 11 is 5.95. The summed E-state index contributed by atoms with van der Waals surface area (Å²) in [5.74, 6) is 0.141. The van der Waals surface area contributed by atoms with Crippen molar-refractivity contribution in [3.8, 4) is 0 Å². The maximum absolute atomic E-state index is 13.1. The highest BCUT2D eigenvalue weighted by molar-refractivity contribution is 6.30. The molecule has 3 rings (SSSR count). The van der Waals surface area contributed by atoms with Crippen molar-refractivity contribution in [2.45, 2.75) is 77.7 Å². The van der Waals surface area contributed by atoms with E-state index in [1.807, 2.05) is 0 Å². The fourth-order valence-electron chi connectivity index (χ4n) is 4.39. The van der Waals surface area contributed by atoms with E-state index >= 15 is 0 Å². The van der Waals surface area contributed by atoms with Gasteiger partial charge >= 0.3 is 0 Å². The van der Waals surface area contributed by atoms with Gasteiger partial charge in [-0.15, -0.1) is 0 Å². The average molecular weight is 516 g/mol. The van der Waals surface area contributed by atoms with E-state index in [4.69, 9.17) is 16.0 Å². The van der Waals surface area contributed by atoms with Gasteiger partial charge in [-0.1, -0.05) is 69.9 Å². The highest BCUT2D eigenvalue weighted by Crippen LogP contribution is 2.22. The van der Waals surface area contributed by atoms with E-state index in [9.17, 15) is 14.4 Å². The van der Waals surface area contributed by atoms with Crippen LogP contribution in [0.1, 0.15) is 76.9 Å². The highest BCUT2D eigenvalue weighted by atomic mass is 35.5. The summed E-state index contributed by atoms with van der Waals surface area (Å²) in [4.78, 5) is 43.3. The van der Waals surface area contributed by atoms with Gasteiger partial charge < -0.3 is 14.2 Å². The number of nitrogens with zero attached hydrogens (tertiary/aromatic N) is 3. The first-order valence-electron chi connectivity index (χ1n) is 13.1. The van der Waals surface area contributed by atoms with E-state index in [0.717, 1.165) is 19.3 Å². The van der Waals surface area contributed by atoms with Crippen molar-refractivity contribution in [2.75, 3.05) is 24.7 Å². The van der Waals surface area contributed by atoms with Gasteiger partial charge in [-0.25, -0.2) is 0 Å². The van der Waals surface area contributed by atoms with Gasteiger partial charge in [-0.05, 0) is 42.8 Å². The van der Waals surface area contributed by atoms with Gasteiger partial charge in [0.25, 0.3) is 0 Å². The first kappa shape index (κ1) is 27.8. The molecule has 0 unspecified atom stereocenters. The minimum absolute atomic E-state index is 0.0114. The van der Waals surface area contributed by atoms with Crippen LogP contribution in [0.25, 0.3) is 0 Å². The van der Waals surface area contributed by atoms with Crippen molar-refractivity contribution in [1.82, 2.24) is 9.80 Å². The minimum Gasteiger partial charge on any atom is -0.467 e. The molecule has 196 valence electrons. The zero-order valence-corrected chi connectivity index (χ0v) is 22.0. The van der Waals surface area contributed by atoms with Crippen LogP contribution in [0.3, 0.4) is 0 Å². The number of unbranched alkanes of at least 4 members (excludes halogenated alkanes) is 8. The molecule has 2 heterocycles. The summed E-state index contributed by atoms with van der Waals surface area (Å²) in [6.45, 7) is 2.51. The van der Waals surface area contributed by atoms with Crippen LogP contribution in [0, 0.1) is 0 Å². The van der Waals surface area contributed by atoms with Gasteiger partial charge in [0.15, 0.2) is 0 Å². The van der Waals surface area contributed by atoms with Gasteiger partial charge in [0.1, 0.15) is 25.5 Å². The monoisotopic (exact) mass is 515 g/mol. The van der Waals surface area contributed by atoms with Crippen LogP contribution in [0.5, 0.6) is 0 Å². The van der Waals surface area contributed by atoms with E-state index in [2.05, 4.69) is 6.92 Å². The Bertz CT molecular complexity index is 962. The van der Waals surface area contributed by atoms with Crippen molar-refractivity contribution in [3.05, 3.63) is 53.4 Å². The smallest absolute Gasteiger partial charge is 0.248 e. The van der Waals surface area contributed by atoms with Gasteiger partial charge in [-0.2, -0.15) is 0 Å². The molecular formula is C28H38ClN3O4. The molecule has 0 saturated carbocycles. The number of carbonyl (C=O) groups is 3. The van der Waals surface area contributed by atoms with Crippen molar-refractivity contribution in [2.24, 2.45) is 0 Å². The summed E-state index contributed by atoms with van der Waals surface area (Å²) in [5.41, 5.74) is 0.689. The first-order chi connectivity index (χ1) is 17.5. The molecule has 0 spiro atoms. The van der Waals surface area contributed by atoms with Gasteiger partial charge in [-0.3, -0.25) is 19.3 Å². The first-order valence-corrected chi connectivity index (χ1v) is 13.5. The summed E-state index contributed by atoms with van der Waals surface area (Å²) in [7, 11) is 0. The second-order valence-electron chi connectivity index (χ2n) is 9.44. The molecule has 0 aliphatic carbocycles. The lowest BCUT2D eigenvalue weighted by Crippen LogP contribution is -2.42. The summed E-state index contributed by atoms with van der Waals surface area (Å²) in [6.07, 6.45) is 12.6. The Hall–Kier alpha value is -2.80. The molecule has 8 heteroatoms. The normalized spacial score (nSPS) is 13.4. The van der Waals surface area contributed by atoms with Gasteiger partial charge in [0, 0.05) is 17.1 Å². The Kier molecular flexibility index (Phi) is 11.3. The lowest BCUT2D eigenvalue weighted by molar-refractivity contribution is -0.141. The number of anilines is 1. The second kappa shape index (κ2) is 14.7. The number of benzene rings is 1. The Balaban J connectivity index is 1.49. The lowest BCUT2D eigenvalue weighted by Gasteiger charge is -2.24. The zero-order valence-electron chi connectivity index (χ0n) is 21.3. The maximum Gasteiger partial charge on any atom is 0.248 e. The van der Waals surface area contributed by atoms with Crippen molar-refractivity contribution in [3.63, 3.8) is 0 Å². The number of hydrogen-bond acceptors (Lipinski definition) is 4. The van der Waals surface area contributed by atoms with E-state index in [1.165, 1.54) is 43.4 Å². The second-order valence-corrected chi connectivity index (χ2v) is 9.88. The summed E-state index contributed by atoms with van der Waals surface area (Å²) in [6, 6.07) is 10.5. The van der Waals surface area contributed by atoms with E-state index in [-0.39, 0.29) is 44.0 Å². The third-order valence-corrected chi connectivity index (χ3v) is 6.78. The molecule has 0 atom stereocenters. The van der Waals surface area contributed by atoms with Crippen LogP contribution in [-0.2, 0) is 20.9 Å². The molecule has 1 saturated heterocycles.